The van der Waals surface area contributed by atoms with Gasteiger partial charge in [0.05, 0.1) is 0 Å². The van der Waals surface area contributed by atoms with Crippen LogP contribution >= 0.6 is 0 Å². The zero-order chi connectivity index (χ0) is 12.1. The fourth-order valence-electron chi connectivity index (χ4n) is 2.20. The van der Waals surface area contributed by atoms with E-state index in [-0.39, 0.29) is 0 Å². The van der Waals surface area contributed by atoms with E-state index in [1.807, 2.05) is 0 Å². The Balaban J connectivity index is 1.99. The maximum atomic E-state index is 5.46. The van der Waals surface area contributed by atoms with E-state index in [0.717, 1.165) is 32.5 Å². The van der Waals surface area contributed by atoms with Gasteiger partial charge in [0.25, 0.3) is 0 Å². The summed E-state index contributed by atoms with van der Waals surface area (Å²) in [6.45, 7) is 2.80. The average molecular weight is 231 g/mol. The number of rotatable bonds is 6. The maximum Gasteiger partial charge on any atom is 0.0480 e. The number of hydrogen-bond donors (Lipinski definition) is 2. The van der Waals surface area contributed by atoms with Gasteiger partial charge in [-0.1, -0.05) is 18.2 Å². The Morgan fingerprint density at radius 2 is 2.06 bits per heavy atom. The van der Waals surface area contributed by atoms with Crippen LogP contribution in [-0.4, -0.2) is 24.2 Å². The molecule has 0 fully saturated rings. The van der Waals surface area contributed by atoms with Gasteiger partial charge in [-0.25, -0.2) is 0 Å². The molecule has 1 aromatic heterocycles. The molecule has 0 bridgehead atoms. The van der Waals surface area contributed by atoms with Crippen molar-refractivity contribution in [2.45, 2.75) is 12.8 Å². The smallest absolute Gasteiger partial charge is 0.0480 e. The molecule has 3 N–H and O–H groups in total. The summed E-state index contributed by atoms with van der Waals surface area (Å²) in [7, 11) is 2.10. The van der Waals surface area contributed by atoms with Gasteiger partial charge >= 0.3 is 0 Å². The highest BCUT2D eigenvalue weighted by atomic mass is 14.9. The number of para-hydroxylation sites is 1. The molecule has 0 aliphatic rings. The monoisotopic (exact) mass is 231 g/mol. The Kier molecular flexibility index (Phi) is 4.18. The van der Waals surface area contributed by atoms with E-state index < -0.39 is 0 Å². The van der Waals surface area contributed by atoms with Crippen molar-refractivity contribution in [3.05, 3.63) is 36.0 Å². The van der Waals surface area contributed by atoms with Gasteiger partial charge in [-0.3, -0.25) is 0 Å². The lowest BCUT2D eigenvalue weighted by Crippen LogP contribution is -2.20. The lowest BCUT2D eigenvalue weighted by atomic mass is 10.1. The van der Waals surface area contributed by atoms with Crippen LogP contribution in [0, 0.1) is 0 Å². The zero-order valence-corrected chi connectivity index (χ0v) is 10.4. The van der Waals surface area contributed by atoms with Crippen LogP contribution in [0.25, 0.3) is 10.9 Å². The van der Waals surface area contributed by atoms with Crippen molar-refractivity contribution in [2.24, 2.45) is 12.8 Å². The fraction of sp³-hybridized carbons (Fsp3) is 0.429. The Bertz CT molecular complexity index is 473. The molecule has 0 atom stereocenters. The highest BCUT2D eigenvalue weighted by molar-refractivity contribution is 5.83. The molecule has 0 spiro atoms. The molecule has 2 aromatic rings. The molecule has 0 aliphatic heterocycles. The van der Waals surface area contributed by atoms with Crippen LogP contribution in [-0.2, 0) is 13.5 Å². The van der Waals surface area contributed by atoms with E-state index in [0.29, 0.717) is 0 Å². The van der Waals surface area contributed by atoms with Crippen molar-refractivity contribution in [2.75, 3.05) is 19.6 Å². The zero-order valence-electron chi connectivity index (χ0n) is 10.4. The first-order chi connectivity index (χ1) is 8.33. The molecule has 1 heterocycles. The van der Waals surface area contributed by atoms with Crippen LogP contribution in [0.15, 0.2) is 30.5 Å². The summed E-state index contributed by atoms with van der Waals surface area (Å²) >= 11 is 0. The SMILES string of the molecule is Cn1cc(CCNCCCN)c2ccccc21. The summed E-state index contributed by atoms with van der Waals surface area (Å²) < 4.78 is 2.20. The van der Waals surface area contributed by atoms with Gasteiger partial charge in [0.2, 0.25) is 0 Å². The van der Waals surface area contributed by atoms with E-state index in [2.05, 4.69) is 47.4 Å². The fourth-order valence-corrected chi connectivity index (χ4v) is 2.20. The predicted molar refractivity (Wildman–Crippen MR) is 73.2 cm³/mol. The number of hydrogen-bond acceptors (Lipinski definition) is 2. The van der Waals surface area contributed by atoms with E-state index >= 15 is 0 Å². The van der Waals surface area contributed by atoms with Crippen molar-refractivity contribution in [3.63, 3.8) is 0 Å². The van der Waals surface area contributed by atoms with Crippen molar-refractivity contribution in [1.82, 2.24) is 9.88 Å². The van der Waals surface area contributed by atoms with Crippen LogP contribution in [0.1, 0.15) is 12.0 Å². The van der Waals surface area contributed by atoms with Crippen LogP contribution in [0.4, 0.5) is 0 Å². The molecule has 0 aliphatic carbocycles. The minimum Gasteiger partial charge on any atom is -0.350 e. The van der Waals surface area contributed by atoms with Crippen molar-refractivity contribution < 1.29 is 0 Å². The van der Waals surface area contributed by atoms with Gasteiger partial charge < -0.3 is 15.6 Å². The average Bonchev–Trinajstić information content (AvgIpc) is 2.67. The number of nitrogens with zero attached hydrogens (tertiary/aromatic N) is 1. The van der Waals surface area contributed by atoms with Crippen LogP contribution in [0.5, 0.6) is 0 Å². The van der Waals surface area contributed by atoms with Gasteiger partial charge in [0.15, 0.2) is 0 Å². The molecule has 17 heavy (non-hydrogen) atoms. The topological polar surface area (TPSA) is 43.0 Å². The number of aromatic nitrogens is 1. The number of fused-ring (bicyclic) bond motifs is 1. The van der Waals surface area contributed by atoms with E-state index in [4.69, 9.17) is 5.73 Å². The second-order valence-electron chi connectivity index (χ2n) is 4.42. The Morgan fingerprint density at radius 1 is 1.24 bits per heavy atom. The molecule has 3 nitrogen and oxygen atoms in total. The third-order valence-corrected chi connectivity index (χ3v) is 3.11. The second kappa shape index (κ2) is 5.84. The largest absolute Gasteiger partial charge is 0.350 e. The van der Waals surface area contributed by atoms with Crippen LogP contribution in [0.3, 0.4) is 0 Å². The minimum absolute atomic E-state index is 0.765. The molecule has 2 rings (SSSR count). The number of aryl methyl sites for hydroxylation is 1. The highest BCUT2D eigenvalue weighted by Gasteiger charge is 2.04. The van der Waals surface area contributed by atoms with E-state index in [1.165, 1.54) is 16.5 Å². The highest BCUT2D eigenvalue weighted by Crippen LogP contribution is 2.20. The van der Waals surface area contributed by atoms with Gasteiger partial charge in [0, 0.05) is 24.1 Å². The van der Waals surface area contributed by atoms with Crippen LogP contribution in [0.2, 0.25) is 0 Å². The van der Waals surface area contributed by atoms with E-state index in [1.54, 1.807) is 0 Å². The number of nitrogens with two attached hydrogens (primary N) is 1. The van der Waals surface area contributed by atoms with Gasteiger partial charge in [-0.2, -0.15) is 0 Å². The minimum atomic E-state index is 0.765. The molecular formula is C14H21N3. The third kappa shape index (κ3) is 2.87. The summed E-state index contributed by atoms with van der Waals surface area (Å²) in [6, 6.07) is 8.56. The first-order valence-electron chi connectivity index (χ1n) is 6.26. The molecular weight excluding hydrogens is 210 g/mol. The molecule has 0 amide bonds. The van der Waals surface area contributed by atoms with Crippen molar-refractivity contribution in [3.8, 4) is 0 Å². The maximum absolute atomic E-state index is 5.46. The molecule has 0 unspecified atom stereocenters. The first-order valence-corrected chi connectivity index (χ1v) is 6.26. The Morgan fingerprint density at radius 3 is 2.88 bits per heavy atom. The Labute approximate surface area is 103 Å². The molecule has 92 valence electrons. The molecule has 1 aromatic carbocycles. The normalized spacial score (nSPS) is 11.2. The molecule has 0 saturated carbocycles. The lowest BCUT2D eigenvalue weighted by Gasteiger charge is -2.02. The number of nitrogens with one attached hydrogen (secondary N) is 1. The summed E-state index contributed by atoms with van der Waals surface area (Å²) in [6.07, 6.45) is 4.36. The quantitative estimate of drug-likeness (QED) is 0.743. The molecule has 0 saturated heterocycles. The van der Waals surface area contributed by atoms with Gasteiger partial charge in [-0.15, -0.1) is 0 Å². The summed E-state index contributed by atoms with van der Waals surface area (Å²) in [5.41, 5.74) is 8.19. The predicted octanol–water partition coefficient (Wildman–Crippen LogP) is 1.66. The molecule has 3 heteroatoms. The second-order valence-corrected chi connectivity index (χ2v) is 4.42. The van der Waals surface area contributed by atoms with Crippen molar-refractivity contribution >= 4 is 10.9 Å². The summed E-state index contributed by atoms with van der Waals surface area (Å²) in [5.74, 6) is 0. The summed E-state index contributed by atoms with van der Waals surface area (Å²) in [4.78, 5) is 0. The lowest BCUT2D eigenvalue weighted by molar-refractivity contribution is 0.653. The standard InChI is InChI=1S/C14H21N3/c1-17-11-12(7-10-16-9-4-8-15)13-5-2-3-6-14(13)17/h2-3,5-6,11,16H,4,7-10,15H2,1H3. The van der Waals surface area contributed by atoms with Gasteiger partial charge in [-0.05, 0) is 44.1 Å². The van der Waals surface area contributed by atoms with Crippen LogP contribution < -0.4 is 11.1 Å². The molecule has 0 radical (unpaired) electrons. The first kappa shape index (κ1) is 12.1. The van der Waals surface area contributed by atoms with E-state index in [9.17, 15) is 0 Å². The third-order valence-electron chi connectivity index (χ3n) is 3.11. The number of benzene rings is 1. The Hall–Kier alpha value is -1.32. The van der Waals surface area contributed by atoms with Crippen molar-refractivity contribution in [1.29, 1.82) is 0 Å². The summed E-state index contributed by atoms with van der Waals surface area (Å²) in [5, 5.41) is 4.79. The van der Waals surface area contributed by atoms with Gasteiger partial charge in [0.1, 0.15) is 0 Å².